The molecule has 0 aromatic rings. The summed E-state index contributed by atoms with van der Waals surface area (Å²) in [6, 6.07) is 0. The zero-order valence-corrected chi connectivity index (χ0v) is 23.1. The van der Waals surface area contributed by atoms with Crippen LogP contribution in [-0.2, 0) is 0 Å². The third kappa shape index (κ3) is 14.1. The van der Waals surface area contributed by atoms with Gasteiger partial charge in [-0.25, -0.2) is 0 Å². The van der Waals surface area contributed by atoms with E-state index in [2.05, 4.69) is 101 Å². The van der Waals surface area contributed by atoms with Crippen molar-refractivity contribution in [2.75, 3.05) is 72.5 Å². The highest BCUT2D eigenvalue weighted by molar-refractivity contribution is 4.83. The molecule has 3 heterocycles. The standard InChI is InChI=1S/C9H20N2.C9H19N.C8H18N2.2CH4/c1-9(2,3)11-7-5-10(4)6-8-11;1-8-5-6-10(7-8)9(2,3)4;1-8(2,3)10-6-4-9-5-7-10;;/h5-8H2,1-4H3;8H,5-7H2,1-4H3;9H,4-7H2,1-3H3;2*1H4. The number of piperazine rings is 2. The van der Waals surface area contributed by atoms with Gasteiger partial charge in [-0.2, -0.15) is 0 Å². The first-order valence-electron chi connectivity index (χ1n) is 12.7. The first-order valence-corrected chi connectivity index (χ1v) is 12.7. The van der Waals surface area contributed by atoms with Gasteiger partial charge < -0.3 is 10.2 Å². The summed E-state index contributed by atoms with van der Waals surface area (Å²) < 4.78 is 0. The summed E-state index contributed by atoms with van der Waals surface area (Å²) in [4.78, 5) is 10.0. The van der Waals surface area contributed by atoms with Crippen LogP contribution in [-0.4, -0.2) is 109 Å². The second-order valence-corrected chi connectivity index (χ2v) is 12.9. The monoisotopic (exact) mass is 472 g/mol. The summed E-state index contributed by atoms with van der Waals surface area (Å²) in [7, 11) is 2.19. The molecule has 3 saturated heterocycles. The highest BCUT2D eigenvalue weighted by Crippen LogP contribution is 2.23. The van der Waals surface area contributed by atoms with Gasteiger partial charge in [-0.15, -0.1) is 0 Å². The van der Waals surface area contributed by atoms with Gasteiger partial charge in [0.1, 0.15) is 0 Å². The SMILES string of the molecule is C.C.CC(C)(C)N1CCNCC1.CC1CCN(C(C)(C)C)C1.CN1CCN(C(C)(C)C)CC1. The van der Waals surface area contributed by atoms with E-state index in [9.17, 15) is 0 Å². The molecule has 0 bridgehead atoms. The fraction of sp³-hybridized carbons (Fsp3) is 1.00. The Balaban J connectivity index is 0. The molecule has 0 aromatic carbocycles. The number of hydrogen-bond donors (Lipinski definition) is 1. The lowest BCUT2D eigenvalue weighted by Crippen LogP contribution is -2.52. The molecule has 0 aliphatic carbocycles. The summed E-state index contributed by atoms with van der Waals surface area (Å²) in [5.74, 6) is 0.916. The molecule has 3 rings (SSSR count). The van der Waals surface area contributed by atoms with E-state index >= 15 is 0 Å². The van der Waals surface area contributed by atoms with Crippen molar-refractivity contribution < 1.29 is 0 Å². The molecule has 5 nitrogen and oxygen atoms in total. The number of likely N-dealkylation sites (tertiary alicyclic amines) is 1. The highest BCUT2D eigenvalue weighted by atomic mass is 15.3. The van der Waals surface area contributed by atoms with E-state index in [0.717, 1.165) is 19.0 Å². The number of rotatable bonds is 0. The van der Waals surface area contributed by atoms with E-state index in [1.54, 1.807) is 0 Å². The maximum atomic E-state index is 3.35. The zero-order chi connectivity index (χ0) is 23.9. The van der Waals surface area contributed by atoms with Gasteiger partial charge in [0, 0.05) is 75.5 Å². The fourth-order valence-electron chi connectivity index (χ4n) is 4.36. The van der Waals surface area contributed by atoms with E-state index in [-0.39, 0.29) is 14.9 Å². The van der Waals surface area contributed by atoms with Gasteiger partial charge in [-0.3, -0.25) is 14.7 Å². The van der Waals surface area contributed by atoms with Crippen molar-refractivity contribution in [3.63, 3.8) is 0 Å². The van der Waals surface area contributed by atoms with Crippen molar-refractivity contribution in [2.24, 2.45) is 5.92 Å². The maximum Gasteiger partial charge on any atom is 0.0126 e. The topological polar surface area (TPSA) is 25.0 Å². The van der Waals surface area contributed by atoms with Crippen molar-refractivity contribution in [1.82, 2.24) is 24.9 Å². The quantitative estimate of drug-likeness (QED) is 0.529. The van der Waals surface area contributed by atoms with Crippen LogP contribution < -0.4 is 5.32 Å². The molecule has 0 spiro atoms. The number of nitrogens with zero attached hydrogens (tertiary/aromatic N) is 4. The molecule has 3 aliphatic rings. The molecule has 3 aliphatic heterocycles. The number of hydrogen-bond acceptors (Lipinski definition) is 5. The lowest BCUT2D eigenvalue weighted by molar-refractivity contribution is 0.0735. The molecule has 0 aromatic heterocycles. The fourth-order valence-corrected chi connectivity index (χ4v) is 4.36. The first-order chi connectivity index (χ1) is 14.1. The van der Waals surface area contributed by atoms with Crippen LogP contribution in [0.25, 0.3) is 0 Å². The van der Waals surface area contributed by atoms with E-state index < -0.39 is 0 Å². The van der Waals surface area contributed by atoms with Gasteiger partial charge in [0.15, 0.2) is 0 Å². The normalized spacial score (nSPS) is 23.9. The molecular weight excluding hydrogens is 406 g/mol. The minimum Gasteiger partial charge on any atom is -0.314 e. The minimum atomic E-state index is 0. The van der Waals surface area contributed by atoms with Crippen LogP contribution in [0.4, 0.5) is 0 Å². The molecule has 1 atom stereocenters. The Hall–Kier alpha value is -0.200. The van der Waals surface area contributed by atoms with Crippen molar-refractivity contribution in [1.29, 1.82) is 0 Å². The summed E-state index contributed by atoms with van der Waals surface area (Å²) >= 11 is 0. The predicted octanol–water partition coefficient (Wildman–Crippen LogP) is 5.12. The summed E-state index contributed by atoms with van der Waals surface area (Å²) in [5.41, 5.74) is 1.12. The predicted molar refractivity (Wildman–Crippen MR) is 152 cm³/mol. The largest absolute Gasteiger partial charge is 0.314 e. The van der Waals surface area contributed by atoms with Crippen LogP contribution in [0.2, 0.25) is 0 Å². The van der Waals surface area contributed by atoms with Gasteiger partial charge >= 0.3 is 0 Å². The van der Waals surface area contributed by atoms with Crippen molar-refractivity contribution in [3.8, 4) is 0 Å². The van der Waals surface area contributed by atoms with Crippen LogP contribution in [0.5, 0.6) is 0 Å². The Labute approximate surface area is 210 Å². The highest BCUT2D eigenvalue weighted by Gasteiger charge is 2.27. The number of nitrogens with one attached hydrogen (secondary N) is 1. The molecule has 1 N–H and O–H groups in total. The second kappa shape index (κ2) is 15.0. The first kappa shape index (κ1) is 35.0. The Bertz CT molecular complexity index is 457. The van der Waals surface area contributed by atoms with Gasteiger partial charge in [0.25, 0.3) is 0 Å². The van der Waals surface area contributed by atoms with Gasteiger partial charge in [-0.1, -0.05) is 21.8 Å². The third-order valence-electron chi connectivity index (χ3n) is 6.89. The van der Waals surface area contributed by atoms with Crippen LogP contribution >= 0.6 is 0 Å². The van der Waals surface area contributed by atoms with Crippen LogP contribution in [0.1, 0.15) is 90.5 Å². The molecule has 3 fully saturated rings. The van der Waals surface area contributed by atoms with E-state index in [1.807, 2.05) is 0 Å². The van der Waals surface area contributed by atoms with Crippen LogP contribution in [0.15, 0.2) is 0 Å². The lowest BCUT2D eigenvalue weighted by Gasteiger charge is -2.41. The summed E-state index contributed by atoms with van der Waals surface area (Å²) in [6.07, 6.45) is 1.39. The van der Waals surface area contributed by atoms with Gasteiger partial charge in [-0.05, 0) is 88.2 Å². The molecule has 5 heteroatoms. The average Bonchev–Trinajstić information content (AvgIpc) is 3.09. The molecule has 202 valence electrons. The third-order valence-corrected chi connectivity index (χ3v) is 6.89. The summed E-state index contributed by atoms with van der Waals surface area (Å²) in [5, 5.41) is 3.35. The minimum absolute atomic E-state index is 0. The number of likely N-dealkylation sites (N-methyl/N-ethyl adjacent to an activating group) is 1. The lowest BCUT2D eigenvalue weighted by atomic mass is 10.1. The average molecular weight is 472 g/mol. The van der Waals surface area contributed by atoms with Gasteiger partial charge in [0.2, 0.25) is 0 Å². The Morgan fingerprint density at radius 2 is 0.970 bits per heavy atom. The van der Waals surface area contributed by atoms with Crippen LogP contribution in [0.3, 0.4) is 0 Å². The molecular formula is C28H65N5. The molecule has 0 saturated carbocycles. The maximum absolute atomic E-state index is 3.35. The summed E-state index contributed by atoms with van der Waals surface area (Å²) in [6.45, 7) is 35.1. The van der Waals surface area contributed by atoms with E-state index in [0.29, 0.717) is 16.6 Å². The molecule has 0 radical (unpaired) electrons. The molecule has 33 heavy (non-hydrogen) atoms. The van der Waals surface area contributed by atoms with Crippen molar-refractivity contribution >= 4 is 0 Å². The Morgan fingerprint density at radius 3 is 1.24 bits per heavy atom. The van der Waals surface area contributed by atoms with Crippen LogP contribution in [0, 0.1) is 5.92 Å². The molecule has 1 unspecified atom stereocenters. The van der Waals surface area contributed by atoms with E-state index in [4.69, 9.17) is 0 Å². The van der Waals surface area contributed by atoms with Gasteiger partial charge in [0.05, 0.1) is 0 Å². The van der Waals surface area contributed by atoms with E-state index in [1.165, 1.54) is 58.8 Å². The smallest absolute Gasteiger partial charge is 0.0126 e. The van der Waals surface area contributed by atoms with Crippen molar-refractivity contribution in [2.45, 2.75) is 107 Å². The Kier molecular flexibility index (Phi) is 15.9. The second-order valence-electron chi connectivity index (χ2n) is 12.9. The Morgan fingerprint density at radius 1 is 0.576 bits per heavy atom. The molecule has 0 amide bonds. The zero-order valence-electron chi connectivity index (χ0n) is 23.1. The van der Waals surface area contributed by atoms with Crippen molar-refractivity contribution in [3.05, 3.63) is 0 Å².